The van der Waals surface area contributed by atoms with Gasteiger partial charge in [0.05, 0.1) is 0 Å². The molecule has 0 bridgehead atoms. The average molecular weight is 356 g/mol. The summed E-state index contributed by atoms with van der Waals surface area (Å²) in [6, 6.07) is 18.8. The van der Waals surface area contributed by atoms with Crippen LogP contribution in [0.1, 0.15) is 13.8 Å². The van der Waals surface area contributed by atoms with Crippen LogP contribution in [-0.4, -0.2) is 14.8 Å². The minimum absolute atomic E-state index is 0.518. The molecule has 4 heteroatoms. The molecule has 0 aliphatic rings. The molecular formula is C18H18BrN3. The van der Waals surface area contributed by atoms with Crippen molar-refractivity contribution in [1.82, 2.24) is 14.8 Å². The largest absolute Gasteiger partial charge is 0.244 e. The molecule has 0 amide bonds. The number of hydrogen-bond donors (Lipinski definition) is 0. The zero-order valence-electron chi connectivity index (χ0n) is 12.7. The Morgan fingerprint density at radius 3 is 2.36 bits per heavy atom. The summed E-state index contributed by atoms with van der Waals surface area (Å²) < 4.78 is 2.60. The van der Waals surface area contributed by atoms with Crippen molar-refractivity contribution in [3.05, 3.63) is 59.3 Å². The number of aromatic nitrogens is 3. The number of nitrogens with zero attached hydrogens (tertiary/aromatic N) is 3. The number of rotatable bonds is 4. The third-order valence-electron chi connectivity index (χ3n) is 3.41. The zero-order valence-corrected chi connectivity index (χ0v) is 14.3. The van der Waals surface area contributed by atoms with E-state index in [9.17, 15) is 0 Å². The van der Waals surface area contributed by atoms with Crippen molar-refractivity contribution in [2.24, 2.45) is 5.92 Å². The smallest absolute Gasteiger partial charge is 0.217 e. The Balaban J connectivity index is 2.03. The lowest BCUT2D eigenvalue weighted by Crippen LogP contribution is -2.08. The van der Waals surface area contributed by atoms with E-state index in [0.29, 0.717) is 10.7 Å². The Morgan fingerprint density at radius 2 is 1.64 bits per heavy atom. The molecule has 0 aliphatic carbocycles. The molecule has 0 saturated heterocycles. The molecule has 22 heavy (non-hydrogen) atoms. The van der Waals surface area contributed by atoms with Crippen molar-refractivity contribution < 1.29 is 0 Å². The lowest BCUT2D eigenvalue weighted by atomic mass is 10.0. The fraction of sp³-hybridized carbons (Fsp3) is 0.222. The molecule has 3 aromatic rings. The van der Waals surface area contributed by atoms with Gasteiger partial charge in [0.1, 0.15) is 0 Å². The Bertz CT molecular complexity index is 763. The Labute approximate surface area is 139 Å². The minimum Gasteiger partial charge on any atom is -0.244 e. The van der Waals surface area contributed by atoms with Gasteiger partial charge in [0, 0.05) is 12.1 Å². The van der Waals surface area contributed by atoms with Gasteiger partial charge in [-0.3, -0.25) is 0 Å². The molecule has 2 aromatic carbocycles. The van der Waals surface area contributed by atoms with Crippen molar-refractivity contribution in [3.8, 4) is 22.5 Å². The van der Waals surface area contributed by atoms with Gasteiger partial charge < -0.3 is 0 Å². The summed E-state index contributed by atoms with van der Waals surface area (Å²) in [6.45, 7) is 5.21. The SMILES string of the molecule is CC(C)Cn1nc(Br)nc1-c1cccc(-c2ccccc2)c1. The van der Waals surface area contributed by atoms with Gasteiger partial charge in [-0.2, -0.15) is 0 Å². The van der Waals surface area contributed by atoms with Gasteiger partial charge in [-0.15, -0.1) is 5.10 Å². The van der Waals surface area contributed by atoms with Crippen LogP contribution in [-0.2, 0) is 6.54 Å². The summed E-state index contributed by atoms with van der Waals surface area (Å²) in [7, 11) is 0. The lowest BCUT2D eigenvalue weighted by molar-refractivity contribution is 0.485. The van der Waals surface area contributed by atoms with Gasteiger partial charge in [-0.05, 0) is 39.0 Å². The molecule has 0 N–H and O–H groups in total. The number of halogens is 1. The first-order valence-corrected chi connectivity index (χ1v) is 8.19. The second kappa shape index (κ2) is 6.44. The highest BCUT2D eigenvalue weighted by Gasteiger charge is 2.12. The van der Waals surface area contributed by atoms with E-state index in [4.69, 9.17) is 0 Å². The summed E-state index contributed by atoms with van der Waals surface area (Å²) in [5, 5.41) is 4.45. The first-order chi connectivity index (χ1) is 10.6. The van der Waals surface area contributed by atoms with E-state index in [1.54, 1.807) is 0 Å². The van der Waals surface area contributed by atoms with Crippen LogP contribution in [0.5, 0.6) is 0 Å². The zero-order chi connectivity index (χ0) is 15.5. The van der Waals surface area contributed by atoms with E-state index in [1.165, 1.54) is 11.1 Å². The molecule has 0 saturated carbocycles. The maximum Gasteiger partial charge on any atom is 0.217 e. The number of benzene rings is 2. The molecule has 0 spiro atoms. The molecule has 1 heterocycles. The summed E-state index contributed by atoms with van der Waals surface area (Å²) in [4.78, 5) is 4.54. The highest BCUT2D eigenvalue weighted by Crippen LogP contribution is 2.26. The molecule has 3 nitrogen and oxygen atoms in total. The van der Waals surface area contributed by atoms with E-state index in [-0.39, 0.29) is 0 Å². The van der Waals surface area contributed by atoms with Crippen molar-refractivity contribution in [1.29, 1.82) is 0 Å². The van der Waals surface area contributed by atoms with Crippen LogP contribution in [0.2, 0.25) is 0 Å². The van der Waals surface area contributed by atoms with Crippen LogP contribution in [0.15, 0.2) is 59.3 Å². The van der Waals surface area contributed by atoms with Gasteiger partial charge in [-0.25, -0.2) is 9.67 Å². The summed E-state index contributed by atoms with van der Waals surface area (Å²) in [5.41, 5.74) is 3.48. The van der Waals surface area contributed by atoms with Gasteiger partial charge >= 0.3 is 0 Å². The van der Waals surface area contributed by atoms with Crippen LogP contribution >= 0.6 is 15.9 Å². The molecule has 0 fully saturated rings. The van der Waals surface area contributed by atoms with E-state index < -0.39 is 0 Å². The third kappa shape index (κ3) is 3.28. The maximum atomic E-state index is 4.54. The fourth-order valence-electron chi connectivity index (χ4n) is 2.47. The fourth-order valence-corrected chi connectivity index (χ4v) is 2.83. The molecule has 1 aromatic heterocycles. The van der Waals surface area contributed by atoms with Crippen LogP contribution in [0.4, 0.5) is 0 Å². The molecule has 0 unspecified atom stereocenters. The quantitative estimate of drug-likeness (QED) is 0.656. The van der Waals surface area contributed by atoms with Gasteiger partial charge in [0.2, 0.25) is 4.73 Å². The Morgan fingerprint density at radius 1 is 0.955 bits per heavy atom. The van der Waals surface area contributed by atoms with E-state index >= 15 is 0 Å². The van der Waals surface area contributed by atoms with Crippen LogP contribution in [0.3, 0.4) is 0 Å². The van der Waals surface area contributed by atoms with Crippen LogP contribution in [0.25, 0.3) is 22.5 Å². The first-order valence-electron chi connectivity index (χ1n) is 7.39. The monoisotopic (exact) mass is 355 g/mol. The maximum absolute atomic E-state index is 4.54. The topological polar surface area (TPSA) is 30.7 Å². The molecule has 0 aliphatic heterocycles. The lowest BCUT2D eigenvalue weighted by Gasteiger charge is -2.09. The summed E-state index contributed by atoms with van der Waals surface area (Å²) in [6.07, 6.45) is 0. The molecule has 0 atom stereocenters. The average Bonchev–Trinajstić information content (AvgIpc) is 2.88. The van der Waals surface area contributed by atoms with Crippen molar-refractivity contribution in [2.45, 2.75) is 20.4 Å². The second-order valence-electron chi connectivity index (χ2n) is 5.73. The summed E-state index contributed by atoms with van der Waals surface area (Å²) >= 11 is 3.39. The first kappa shape index (κ1) is 15.0. The molecule has 0 radical (unpaired) electrons. The standard InChI is InChI=1S/C18H18BrN3/c1-13(2)12-22-17(20-18(19)21-22)16-10-6-9-15(11-16)14-7-4-3-5-8-14/h3-11,13H,12H2,1-2H3. The summed E-state index contributed by atoms with van der Waals surface area (Å²) in [5.74, 6) is 1.42. The minimum atomic E-state index is 0.518. The van der Waals surface area contributed by atoms with E-state index in [0.717, 1.165) is 17.9 Å². The van der Waals surface area contributed by atoms with E-state index in [2.05, 4.69) is 88.4 Å². The predicted octanol–water partition coefficient (Wildman–Crippen LogP) is 5.03. The molecule has 3 rings (SSSR count). The second-order valence-corrected chi connectivity index (χ2v) is 6.44. The Hall–Kier alpha value is -1.94. The Kier molecular flexibility index (Phi) is 4.39. The van der Waals surface area contributed by atoms with Gasteiger partial charge in [0.15, 0.2) is 5.82 Å². The predicted molar refractivity (Wildman–Crippen MR) is 93.4 cm³/mol. The van der Waals surface area contributed by atoms with Crippen molar-refractivity contribution >= 4 is 15.9 Å². The van der Waals surface area contributed by atoms with E-state index in [1.807, 2.05) is 10.7 Å². The normalized spacial score (nSPS) is 11.1. The highest BCUT2D eigenvalue weighted by molar-refractivity contribution is 9.10. The van der Waals surface area contributed by atoms with Crippen molar-refractivity contribution in [2.75, 3.05) is 0 Å². The van der Waals surface area contributed by atoms with Crippen LogP contribution < -0.4 is 0 Å². The molecular weight excluding hydrogens is 338 g/mol. The molecule has 112 valence electrons. The number of hydrogen-bond acceptors (Lipinski definition) is 2. The highest BCUT2D eigenvalue weighted by atomic mass is 79.9. The van der Waals surface area contributed by atoms with Gasteiger partial charge in [0.25, 0.3) is 0 Å². The van der Waals surface area contributed by atoms with Crippen LogP contribution in [0, 0.1) is 5.92 Å². The van der Waals surface area contributed by atoms with Crippen molar-refractivity contribution in [3.63, 3.8) is 0 Å². The van der Waals surface area contributed by atoms with Gasteiger partial charge in [-0.1, -0.05) is 62.4 Å². The third-order valence-corrected chi connectivity index (χ3v) is 3.75.